The summed E-state index contributed by atoms with van der Waals surface area (Å²) in [7, 11) is 0. The van der Waals surface area contributed by atoms with Gasteiger partial charge in [-0.05, 0) is 37.9 Å². The molecule has 0 saturated carbocycles. The van der Waals surface area contributed by atoms with Crippen molar-refractivity contribution < 1.29 is 9.84 Å². The van der Waals surface area contributed by atoms with Gasteiger partial charge in [0.25, 0.3) is 0 Å². The zero-order valence-corrected chi connectivity index (χ0v) is 13.6. The van der Waals surface area contributed by atoms with E-state index in [1.165, 1.54) is 0 Å². The number of hydrogen-bond acceptors (Lipinski definition) is 4. The molecule has 5 heteroatoms. The highest BCUT2D eigenvalue weighted by molar-refractivity contribution is 5.64. The first-order chi connectivity index (χ1) is 11.3. The lowest BCUT2D eigenvalue weighted by molar-refractivity contribution is 0.201. The molecular formula is C18H25N3O2. The van der Waals surface area contributed by atoms with Crippen LogP contribution in [0.25, 0.3) is 11.4 Å². The van der Waals surface area contributed by atoms with Crippen LogP contribution in [-0.4, -0.2) is 40.5 Å². The summed E-state index contributed by atoms with van der Waals surface area (Å²) in [5.74, 6) is 1.72. The number of para-hydroxylation sites is 1. The lowest BCUT2D eigenvalue weighted by atomic mass is 9.97. The largest absolute Gasteiger partial charge is 0.490 e. The molecular weight excluding hydrogens is 290 g/mol. The zero-order valence-electron chi connectivity index (χ0n) is 13.6. The molecule has 1 aromatic carbocycles. The van der Waals surface area contributed by atoms with Gasteiger partial charge < -0.3 is 19.7 Å². The lowest BCUT2D eigenvalue weighted by Gasteiger charge is -2.31. The lowest BCUT2D eigenvalue weighted by Crippen LogP contribution is -2.38. The van der Waals surface area contributed by atoms with Gasteiger partial charge in [-0.25, -0.2) is 4.98 Å². The van der Waals surface area contributed by atoms with E-state index in [1.54, 1.807) is 0 Å². The van der Waals surface area contributed by atoms with E-state index >= 15 is 0 Å². The van der Waals surface area contributed by atoms with E-state index in [0.717, 1.165) is 42.9 Å². The van der Waals surface area contributed by atoms with Gasteiger partial charge >= 0.3 is 0 Å². The highest BCUT2D eigenvalue weighted by atomic mass is 16.5. The van der Waals surface area contributed by atoms with E-state index in [9.17, 15) is 0 Å². The van der Waals surface area contributed by atoms with Gasteiger partial charge in [0.15, 0.2) is 0 Å². The Bertz CT molecular complexity index is 626. The first-order valence-corrected chi connectivity index (χ1v) is 8.42. The Labute approximate surface area is 137 Å². The van der Waals surface area contributed by atoms with Crippen molar-refractivity contribution in [1.82, 2.24) is 14.9 Å². The Balaban J connectivity index is 1.89. The summed E-state index contributed by atoms with van der Waals surface area (Å²) in [6, 6.07) is 8.94. The fraction of sp³-hybridized carbons (Fsp3) is 0.500. The minimum Gasteiger partial charge on any atom is -0.490 e. The van der Waals surface area contributed by atoms with E-state index in [2.05, 4.69) is 28.0 Å². The molecule has 2 heterocycles. The maximum Gasteiger partial charge on any atom is 0.143 e. The zero-order chi connectivity index (χ0) is 16.1. The molecule has 1 saturated heterocycles. The number of imidazole rings is 1. The van der Waals surface area contributed by atoms with Crippen LogP contribution in [0.15, 0.2) is 36.7 Å². The van der Waals surface area contributed by atoms with Crippen LogP contribution >= 0.6 is 0 Å². The number of rotatable bonds is 6. The minimum atomic E-state index is 0.00918. The first kappa shape index (κ1) is 16.0. The van der Waals surface area contributed by atoms with Crippen molar-refractivity contribution in [3.8, 4) is 17.1 Å². The molecule has 0 bridgehead atoms. The molecule has 124 valence electrons. The predicted octanol–water partition coefficient (Wildman–Crippen LogP) is 2.62. The molecule has 1 aliphatic heterocycles. The van der Waals surface area contributed by atoms with Gasteiger partial charge in [0.2, 0.25) is 0 Å². The SMILES string of the molecule is CC[C@H]1C[C@H](n2ccnc2-c2ccccc2OCCO)CCN1. The number of benzene rings is 1. The van der Waals surface area contributed by atoms with Gasteiger partial charge in [-0.2, -0.15) is 0 Å². The molecule has 0 spiro atoms. The van der Waals surface area contributed by atoms with Crippen LogP contribution in [0.4, 0.5) is 0 Å². The molecule has 23 heavy (non-hydrogen) atoms. The van der Waals surface area contributed by atoms with Gasteiger partial charge in [-0.15, -0.1) is 0 Å². The third-order valence-electron chi connectivity index (χ3n) is 4.50. The van der Waals surface area contributed by atoms with Crippen molar-refractivity contribution in [2.75, 3.05) is 19.8 Å². The van der Waals surface area contributed by atoms with Crippen LogP contribution in [-0.2, 0) is 0 Å². The van der Waals surface area contributed by atoms with Gasteiger partial charge in [-0.3, -0.25) is 0 Å². The molecule has 0 aliphatic carbocycles. The molecule has 2 aromatic rings. The van der Waals surface area contributed by atoms with Crippen LogP contribution in [0.5, 0.6) is 5.75 Å². The number of aliphatic hydroxyl groups excluding tert-OH is 1. The maximum atomic E-state index is 9.01. The van der Waals surface area contributed by atoms with Gasteiger partial charge in [0.05, 0.1) is 12.2 Å². The highest BCUT2D eigenvalue weighted by Crippen LogP contribution is 2.33. The molecule has 0 unspecified atom stereocenters. The van der Waals surface area contributed by atoms with Gasteiger partial charge in [0.1, 0.15) is 18.2 Å². The number of hydrogen-bond donors (Lipinski definition) is 2. The van der Waals surface area contributed by atoms with E-state index in [1.807, 2.05) is 30.5 Å². The topological polar surface area (TPSA) is 59.3 Å². The number of ether oxygens (including phenoxy) is 1. The molecule has 0 radical (unpaired) electrons. The van der Waals surface area contributed by atoms with Crippen molar-refractivity contribution in [2.45, 2.75) is 38.3 Å². The number of nitrogens with zero attached hydrogens (tertiary/aromatic N) is 2. The summed E-state index contributed by atoms with van der Waals surface area (Å²) in [5.41, 5.74) is 0.984. The third kappa shape index (κ3) is 3.57. The van der Waals surface area contributed by atoms with Crippen molar-refractivity contribution in [1.29, 1.82) is 0 Å². The summed E-state index contributed by atoms with van der Waals surface area (Å²) in [6.45, 7) is 3.58. The fourth-order valence-corrected chi connectivity index (χ4v) is 3.30. The second-order valence-corrected chi connectivity index (χ2v) is 5.96. The summed E-state index contributed by atoms with van der Waals surface area (Å²) in [5, 5.41) is 12.6. The Morgan fingerprint density at radius 3 is 3.09 bits per heavy atom. The van der Waals surface area contributed by atoms with E-state index in [-0.39, 0.29) is 6.61 Å². The highest BCUT2D eigenvalue weighted by Gasteiger charge is 2.24. The summed E-state index contributed by atoms with van der Waals surface area (Å²) in [6.07, 6.45) is 7.32. The normalized spacial score (nSPS) is 21.3. The van der Waals surface area contributed by atoms with E-state index in [4.69, 9.17) is 9.84 Å². The summed E-state index contributed by atoms with van der Waals surface area (Å²) >= 11 is 0. The van der Waals surface area contributed by atoms with Crippen molar-refractivity contribution >= 4 is 0 Å². The van der Waals surface area contributed by atoms with Crippen molar-refractivity contribution in [3.63, 3.8) is 0 Å². The average Bonchev–Trinajstić information content (AvgIpc) is 3.10. The Kier molecular flexibility index (Phi) is 5.31. The second-order valence-electron chi connectivity index (χ2n) is 5.96. The molecule has 2 atom stereocenters. The van der Waals surface area contributed by atoms with E-state index in [0.29, 0.717) is 18.7 Å². The minimum absolute atomic E-state index is 0.00918. The molecule has 1 fully saturated rings. The van der Waals surface area contributed by atoms with Crippen LogP contribution < -0.4 is 10.1 Å². The van der Waals surface area contributed by atoms with Crippen LogP contribution in [0.3, 0.4) is 0 Å². The number of aromatic nitrogens is 2. The van der Waals surface area contributed by atoms with Crippen molar-refractivity contribution in [2.24, 2.45) is 0 Å². The second kappa shape index (κ2) is 7.62. The smallest absolute Gasteiger partial charge is 0.143 e. The quantitative estimate of drug-likeness (QED) is 0.860. The summed E-state index contributed by atoms with van der Waals surface area (Å²) in [4.78, 5) is 4.58. The molecule has 3 rings (SSSR count). The Morgan fingerprint density at radius 2 is 2.26 bits per heavy atom. The fourth-order valence-electron chi connectivity index (χ4n) is 3.30. The van der Waals surface area contributed by atoms with Crippen LogP contribution in [0.1, 0.15) is 32.2 Å². The third-order valence-corrected chi connectivity index (χ3v) is 4.50. The maximum absolute atomic E-state index is 9.01. The summed E-state index contributed by atoms with van der Waals surface area (Å²) < 4.78 is 7.96. The molecule has 5 nitrogen and oxygen atoms in total. The van der Waals surface area contributed by atoms with E-state index < -0.39 is 0 Å². The average molecular weight is 315 g/mol. The Morgan fingerprint density at radius 1 is 1.39 bits per heavy atom. The molecule has 1 aromatic heterocycles. The predicted molar refractivity (Wildman–Crippen MR) is 90.6 cm³/mol. The number of nitrogens with one attached hydrogen (secondary N) is 1. The molecule has 2 N–H and O–H groups in total. The monoisotopic (exact) mass is 315 g/mol. The van der Waals surface area contributed by atoms with Gasteiger partial charge in [0, 0.05) is 24.5 Å². The standard InChI is InChI=1S/C18H25N3O2/c1-2-14-13-15(7-8-19-14)21-10-9-20-18(21)16-5-3-4-6-17(16)23-12-11-22/h3-6,9-10,14-15,19,22H,2,7-8,11-13H2,1H3/t14-,15+/m0/s1. The first-order valence-electron chi connectivity index (χ1n) is 8.42. The number of piperidine rings is 1. The Hall–Kier alpha value is -1.85. The van der Waals surface area contributed by atoms with Gasteiger partial charge in [-0.1, -0.05) is 19.1 Å². The van der Waals surface area contributed by atoms with Crippen LogP contribution in [0, 0.1) is 0 Å². The number of aliphatic hydroxyl groups is 1. The van der Waals surface area contributed by atoms with Crippen molar-refractivity contribution in [3.05, 3.63) is 36.7 Å². The molecule has 1 aliphatic rings. The molecule has 0 amide bonds. The van der Waals surface area contributed by atoms with Crippen LogP contribution in [0.2, 0.25) is 0 Å².